The van der Waals surface area contributed by atoms with E-state index in [4.69, 9.17) is 5.11 Å². The van der Waals surface area contributed by atoms with Gasteiger partial charge in [-0.25, -0.2) is 8.42 Å². The lowest BCUT2D eigenvalue weighted by molar-refractivity contribution is -0.139. The lowest BCUT2D eigenvalue weighted by atomic mass is 10.2. The highest BCUT2D eigenvalue weighted by Crippen LogP contribution is 2.12. The average Bonchev–Trinajstić information content (AvgIpc) is 2.45. The summed E-state index contributed by atoms with van der Waals surface area (Å²) in [6.07, 6.45) is 0.736. The molecule has 21 heavy (non-hydrogen) atoms. The Kier molecular flexibility index (Phi) is 5.86. The van der Waals surface area contributed by atoms with Crippen LogP contribution in [0.2, 0.25) is 0 Å². The fourth-order valence-corrected chi connectivity index (χ4v) is 2.93. The topological polar surface area (TPSA) is 113 Å². The summed E-state index contributed by atoms with van der Waals surface area (Å²) in [7, 11) is -2.47. The average molecular weight is 314 g/mol. The zero-order valence-electron chi connectivity index (χ0n) is 11.8. The van der Waals surface area contributed by atoms with Gasteiger partial charge in [-0.3, -0.25) is 9.59 Å². The molecule has 0 heterocycles. The summed E-state index contributed by atoms with van der Waals surface area (Å²) in [4.78, 5) is 22.3. The molecule has 0 fully saturated rings. The van der Waals surface area contributed by atoms with Gasteiger partial charge < -0.3 is 10.4 Å². The molecule has 0 aliphatic heterocycles. The van der Waals surface area contributed by atoms with Crippen molar-refractivity contribution in [1.82, 2.24) is 10.0 Å². The molecule has 0 aromatic heterocycles. The Morgan fingerprint density at radius 2 is 1.81 bits per heavy atom. The van der Waals surface area contributed by atoms with Crippen molar-refractivity contribution in [3.05, 3.63) is 29.8 Å². The molecule has 0 aliphatic rings. The standard InChI is InChI=1S/C13H18N2O5S/c1-3-4-11(13(17)18)15-21(19,20)10-7-5-9(6-8-10)12(16)14-2/h5-8,11,15H,3-4H2,1-2H3,(H,14,16)(H,17,18). The van der Waals surface area contributed by atoms with Crippen molar-refractivity contribution in [3.63, 3.8) is 0 Å². The number of carbonyl (C=O) groups excluding carboxylic acids is 1. The van der Waals surface area contributed by atoms with Gasteiger partial charge in [0.1, 0.15) is 6.04 Å². The highest BCUT2D eigenvalue weighted by atomic mass is 32.2. The van der Waals surface area contributed by atoms with Gasteiger partial charge >= 0.3 is 5.97 Å². The summed E-state index contributed by atoms with van der Waals surface area (Å²) >= 11 is 0. The van der Waals surface area contributed by atoms with E-state index in [1.54, 1.807) is 6.92 Å². The second-order valence-electron chi connectivity index (χ2n) is 4.40. The van der Waals surface area contributed by atoms with Gasteiger partial charge in [0, 0.05) is 12.6 Å². The molecule has 3 N–H and O–H groups in total. The molecular formula is C13H18N2O5S. The normalized spacial score (nSPS) is 12.7. The van der Waals surface area contributed by atoms with E-state index in [2.05, 4.69) is 10.0 Å². The van der Waals surface area contributed by atoms with Crippen LogP contribution in [0.25, 0.3) is 0 Å². The van der Waals surface area contributed by atoms with Crippen molar-refractivity contribution >= 4 is 21.9 Å². The van der Waals surface area contributed by atoms with Crippen molar-refractivity contribution in [2.24, 2.45) is 0 Å². The summed E-state index contributed by atoms with van der Waals surface area (Å²) in [5.74, 6) is -1.55. The maximum absolute atomic E-state index is 12.1. The second kappa shape index (κ2) is 7.19. The van der Waals surface area contributed by atoms with Crippen LogP contribution < -0.4 is 10.0 Å². The van der Waals surface area contributed by atoms with Crippen LogP contribution >= 0.6 is 0 Å². The predicted octanol–water partition coefficient (Wildman–Crippen LogP) is 0.578. The van der Waals surface area contributed by atoms with Crippen molar-refractivity contribution in [1.29, 1.82) is 0 Å². The Hall–Kier alpha value is -1.93. The maximum atomic E-state index is 12.1. The molecule has 0 saturated carbocycles. The number of sulfonamides is 1. The Bertz CT molecular complexity index is 610. The Balaban J connectivity index is 2.97. The molecule has 0 spiro atoms. The third-order valence-corrected chi connectivity index (χ3v) is 4.31. The first-order chi connectivity index (χ1) is 9.81. The van der Waals surface area contributed by atoms with Gasteiger partial charge in [-0.1, -0.05) is 13.3 Å². The third-order valence-electron chi connectivity index (χ3n) is 2.83. The van der Waals surface area contributed by atoms with Gasteiger partial charge in [0.15, 0.2) is 0 Å². The first kappa shape index (κ1) is 17.1. The molecule has 0 aliphatic carbocycles. The van der Waals surface area contributed by atoms with Crippen LogP contribution in [0.1, 0.15) is 30.1 Å². The van der Waals surface area contributed by atoms with Gasteiger partial charge in [0.25, 0.3) is 5.91 Å². The maximum Gasteiger partial charge on any atom is 0.321 e. The molecule has 1 rings (SSSR count). The fraction of sp³-hybridized carbons (Fsp3) is 0.385. The molecule has 8 heteroatoms. The van der Waals surface area contributed by atoms with Crippen LogP contribution in [-0.2, 0) is 14.8 Å². The Labute approximate surface area is 123 Å². The molecule has 0 bridgehead atoms. The fourth-order valence-electron chi connectivity index (χ4n) is 1.71. The molecule has 116 valence electrons. The number of hydrogen-bond acceptors (Lipinski definition) is 4. The van der Waals surface area contributed by atoms with Crippen LogP contribution in [0.15, 0.2) is 29.2 Å². The van der Waals surface area contributed by atoms with Gasteiger partial charge in [-0.05, 0) is 30.7 Å². The first-order valence-corrected chi connectivity index (χ1v) is 7.87. The summed E-state index contributed by atoms with van der Waals surface area (Å²) in [5.41, 5.74) is 0.319. The summed E-state index contributed by atoms with van der Waals surface area (Å²) in [5, 5.41) is 11.4. The van der Waals surface area contributed by atoms with E-state index >= 15 is 0 Å². The van der Waals surface area contributed by atoms with Gasteiger partial charge in [0.05, 0.1) is 4.90 Å². The van der Waals surface area contributed by atoms with E-state index in [-0.39, 0.29) is 17.2 Å². The lowest BCUT2D eigenvalue weighted by Gasteiger charge is -2.14. The SMILES string of the molecule is CCCC(NS(=O)(=O)c1ccc(C(=O)NC)cc1)C(=O)O. The molecule has 0 radical (unpaired) electrons. The number of benzene rings is 1. The zero-order chi connectivity index (χ0) is 16.0. The van der Waals surface area contributed by atoms with Crippen LogP contribution in [0.3, 0.4) is 0 Å². The van der Waals surface area contributed by atoms with E-state index < -0.39 is 22.0 Å². The van der Waals surface area contributed by atoms with Crippen molar-refractivity contribution in [2.75, 3.05) is 7.05 Å². The van der Waals surface area contributed by atoms with Gasteiger partial charge in [-0.2, -0.15) is 4.72 Å². The summed E-state index contributed by atoms with van der Waals surface area (Å²) < 4.78 is 26.3. The molecule has 1 atom stereocenters. The lowest BCUT2D eigenvalue weighted by Crippen LogP contribution is -2.40. The van der Waals surface area contributed by atoms with Gasteiger partial charge in [-0.15, -0.1) is 0 Å². The monoisotopic (exact) mass is 314 g/mol. The molecule has 1 aromatic rings. The largest absolute Gasteiger partial charge is 0.480 e. The number of nitrogens with one attached hydrogen (secondary N) is 2. The van der Waals surface area contributed by atoms with Crippen molar-refractivity contribution in [2.45, 2.75) is 30.7 Å². The minimum atomic E-state index is -3.94. The van der Waals surface area contributed by atoms with Crippen LogP contribution in [-0.4, -0.2) is 38.5 Å². The first-order valence-electron chi connectivity index (χ1n) is 6.39. The van der Waals surface area contributed by atoms with E-state index in [1.807, 2.05) is 0 Å². The molecule has 1 unspecified atom stereocenters. The molecule has 1 amide bonds. The predicted molar refractivity (Wildman–Crippen MR) is 76.5 cm³/mol. The third kappa shape index (κ3) is 4.54. The molecular weight excluding hydrogens is 296 g/mol. The van der Waals surface area contributed by atoms with E-state index in [0.29, 0.717) is 12.0 Å². The number of amides is 1. The number of carbonyl (C=O) groups is 2. The van der Waals surface area contributed by atoms with E-state index in [1.165, 1.54) is 31.3 Å². The minimum absolute atomic E-state index is 0.0856. The highest BCUT2D eigenvalue weighted by Gasteiger charge is 2.24. The number of aliphatic carboxylic acids is 1. The van der Waals surface area contributed by atoms with E-state index in [0.717, 1.165) is 0 Å². The second-order valence-corrected chi connectivity index (χ2v) is 6.12. The van der Waals surface area contributed by atoms with Crippen LogP contribution in [0, 0.1) is 0 Å². The Morgan fingerprint density at radius 1 is 1.24 bits per heavy atom. The highest BCUT2D eigenvalue weighted by molar-refractivity contribution is 7.89. The number of carboxylic acids is 1. The van der Waals surface area contributed by atoms with E-state index in [9.17, 15) is 18.0 Å². The summed E-state index contributed by atoms with van der Waals surface area (Å²) in [6, 6.07) is 4.08. The number of hydrogen-bond donors (Lipinski definition) is 3. The Morgan fingerprint density at radius 3 is 2.24 bits per heavy atom. The molecule has 1 aromatic carbocycles. The zero-order valence-corrected chi connectivity index (χ0v) is 12.6. The van der Waals surface area contributed by atoms with Crippen LogP contribution in [0.5, 0.6) is 0 Å². The smallest absolute Gasteiger partial charge is 0.321 e. The van der Waals surface area contributed by atoms with Crippen molar-refractivity contribution in [3.8, 4) is 0 Å². The van der Waals surface area contributed by atoms with Crippen LogP contribution in [0.4, 0.5) is 0 Å². The quantitative estimate of drug-likeness (QED) is 0.681. The summed E-state index contributed by atoms with van der Waals surface area (Å²) in [6.45, 7) is 1.77. The molecule has 0 saturated heterocycles. The number of rotatable bonds is 7. The van der Waals surface area contributed by atoms with Gasteiger partial charge in [0.2, 0.25) is 10.0 Å². The molecule has 7 nitrogen and oxygen atoms in total. The minimum Gasteiger partial charge on any atom is -0.480 e. The van der Waals surface area contributed by atoms with Crippen molar-refractivity contribution < 1.29 is 23.1 Å². The number of carboxylic acid groups (broad SMARTS) is 1.